The highest BCUT2D eigenvalue weighted by Gasteiger charge is 2.22. The predicted octanol–water partition coefficient (Wildman–Crippen LogP) is 4.08. The van der Waals surface area contributed by atoms with Gasteiger partial charge in [-0.2, -0.15) is 0 Å². The molecule has 3 aromatic rings. The van der Waals surface area contributed by atoms with Gasteiger partial charge in [0.15, 0.2) is 11.5 Å². The van der Waals surface area contributed by atoms with Crippen molar-refractivity contribution in [3.05, 3.63) is 72.2 Å². The summed E-state index contributed by atoms with van der Waals surface area (Å²) in [6, 6.07) is 16.7. The minimum absolute atomic E-state index is 0.0897. The highest BCUT2D eigenvalue weighted by atomic mass is 16.5. The summed E-state index contributed by atoms with van der Waals surface area (Å²) in [5, 5.41) is 0. The quantitative estimate of drug-likeness (QED) is 0.588. The third-order valence-corrected chi connectivity index (χ3v) is 4.39. The number of hydrogen-bond donors (Lipinski definition) is 0. The summed E-state index contributed by atoms with van der Waals surface area (Å²) >= 11 is 0. The van der Waals surface area contributed by atoms with Gasteiger partial charge in [-0.05, 0) is 30.3 Å². The molecule has 0 atom stereocenters. The number of hydrogen-bond acceptors (Lipinski definition) is 5. The van der Waals surface area contributed by atoms with Crippen molar-refractivity contribution in [3.8, 4) is 17.2 Å². The molecule has 0 spiro atoms. The number of nitrogens with zero attached hydrogens (tertiary/aromatic N) is 1. The molecular formula is C22H23NO5. The van der Waals surface area contributed by atoms with Gasteiger partial charge in [0.25, 0.3) is 0 Å². The highest BCUT2D eigenvalue weighted by Crippen LogP contribution is 2.40. The normalized spacial score (nSPS) is 10.4. The summed E-state index contributed by atoms with van der Waals surface area (Å²) in [7, 11) is 4.64. The molecule has 1 aromatic heterocycles. The van der Waals surface area contributed by atoms with Gasteiger partial charge >= 0.3 is 0 Å². The molecule has 0 bridgehead atoms. The average molecular weight is 381 g/mol. The first kappa shape index (κ1) is 19.4. The maximum atomic E-state index is 13.2. The Bertz CT molecular complexity index is 906. The molecule has 0 unspecified atom stereocenters. The van der Waals surface area contributed by atoms with Crippen molar-refractivity contribution in [1.29, 1.82) is 0 Å². The van der Waals surface area contributed by atoms with Gasteiger partial charge in [-0.15, -0.1) is 0 Å². The number of ether oxygens (including phenoxy) is 3. The molecule has 0 N–H and O–H groups in total. The Hall–Kier alpha value is -3.41. The first-order valence-electron chi connectivity index (χ1n) is 8.83. The first-order chi connectivity index (χ1) is 13.7. The fraction of sp³-hybridized carbons (Fsp3) is 0.227. The van der Waals surface area contributed by atoms with Crippen LogP contribution in [0.3, 0.4) is 0 Å². The van der Waals surface area contributed by atoms with Gasteiger partial charge in [0.2, 0.25) is 11.7 Å². The van der Waals surface area contributed by atoms with Crippen molar-refractivity contribution in [1.82, 2.24) is 0 Å². The van der Waals surface area contributed by atoms with Crippen molar-refractivity contribution in [2.45, 2.75) is 13.0 Å². The number of methoxy groups -OCH3 is 3. The number of carbonyl (C=O) groups is 1. The van der Waals surface area contributed by atoms with E-state index in [-0.39, 0.29) is 12.3 Å². The van der Waals surface area contributed by atoms with Gasteiger partial charge < -0.3 is 23.5 Å². The Labute approximate surface area is 164 Å². The smallest absolute Gasteiger partial charge is 0.231 e. The van der Waals surface area contributed by atoms with Crippen molar-refractivity contribution in [3.63, 3.8) is 0 Å². The molecule has 0 fully saturated rings. The Balaban J connectivity index is 1.92. The summed E-state index contributed by atoms with van der Waals surface area (Å²) in [6.45, 7) is 0.339. The van der Waals surface area contributed by atoms with Gasteiger partial charge in [-0.25, -0.2) is 0 Å². The fourth-order valence-corrected chi connectivity index (χ4v) is 3.05. The number of rotatable bonds is 8. The molecule has 0 radical (unpaired) electrons. The molecule has 1 amide bonds. The summed E-state index contributed by atoms with van der Waals surface area (Å²) in [4.78, 5) is 14.9. The molecule has 0 saturated carbocycles. The van der Waals surface area contributed by atoms with E-state index in [9.17, 15) is 4.79 Å². The molecule has 146 valence electrons. The zero-order valence-corrected chi connectivity index (χ0v) is 16.2. The highest BCUT2D eigenvalue weighted by molar-refractivity contribution is 5.95. The van der Waals surface area contributed by atoms with Crippen molar-refractivity contribution in [2.24, 2.45) is 0 Å². The average Bonchev–Trinajstić information content (AvgIpc) is 3.25. The minimum Gasteiger partial charge on any atom is -0.493 e. The zero-order chi connectivity index (χ0) is 19.9. The van der Waals surface area contributed by atoms with Gasteiger partial charge in [0.1, 0.15) is 5.76 Å². The van der Waals surface area contributed by atoms with E-state index >= 15 is 0 Å². The predicted molar refractivity (Wildman–Crippen MR) is 106 cm³/mol. The molecule has 2 aromatic carbocycles. The summed E-state index contributed by atoms with van der Waals surface area (Å²) in [5.41, 5.74) is 1.51. The summed E-state index contributed by atoms with van der Waals surface area (Å²) < 4.78 is 21.7. The van der Waals surface area contributed by atoms with E-state index in [0.717, 1.165) is 5.69 Å². The van der Waals surface area contributed by atoms with Crippen LogP contribution in [-0.2, 0) is 17.8 Å². The molecular weight excluding hydrogens is 358 g/mol. The summed E-state index contributed by atoms with van der Waals surface area (Å²) in [5.74, 6) is 2.12. The van der Waals surface area contributed by atoms with E-state index in [0.29, 0.717) is 35.1 Å². The standard InChI is InChI=1S/C22H23NO5/c1-25-19-12-11-16(21(26-2)22(19)27-3)14-20(24)23(15-18-10-7-13-28-18)17-8-5-4-6-9-17/h4-13H,14-15H2,1-3H3. The fourth-order valence-electron chi connectivity index (χ4n) is 3.05. The summed E-state index contributed by atoms with van der Waals surface area (Å²) in [6.07, 6.45) is 1.74. The van der Waals surface area contributed by atoms with Crippen LogP contribution in [0.15, 0.2) is 65.3 Å². The minimum atomic E-state index is -0.0897. The van der Waals surface area contributed by atoms with Crippen LogP contribution in [0, 0.1) is 0 Å². The number of amides is 1. The van der Waals surface area contributed by atoms with Gasteiger partial charge in [-0.1, -0.05) is 24.3 Å². The molecule has 3 rings (SSSR count). The topological polar surface area (TPSA) is 61.1 Å². The van der Waals surface area contributed by atoms with Crippen LogP contribution in [0.4, 0.5) is 5.69 Å². The lowest BCUT2D eigenvalue weighted by molar-refractivity contribution is -0.118. The number of benzene rings is 2. The second kappa shape index (κ2) is 8.99. The molecule has 1 heterocycles. The van der Waals surface area contributed by atoms with Gasteiger partial charge in [0.05, 0.1) is 40.6 Å². The Morgan fingerprint density at radius 3 is 2.25 bits per heavy atom. The maximum Gasteiger partial charge on any atom is 0.231 e. The van der Waals surface area contributed by atoms with Crippen LogP contribution in [0.1, 0.15) is 11.3 Å². The van der Waals surface area contributed by atoms with Crippen molar-refractivity contribution < 1.29 is 23.4 Å². The molecule has 6 heteroatoms. The maximum absolute atomic E-state index is 13.2. The first-order valence-corrected chi connectivity index (χ1v) is 8.83. The number of furan rings is 1. The van der Waals surface area contributed by atoms with Crippen LogP contribution in [0.25, 0.3) is 0 Å². The lowest BCUT2D eigenvalue weighted by Crippen LogP contribution is -2.31. The van der Waals surface area contributed by atoms with Crippen molar-refractivity contribution in [2.75, 3.05) is 26.2 Å². The van der Waals surface area contributed by atoms with E-state index in [1.165, 1.54) is 0 Å². The van der Waals surface area contributed by atoms with Gasteiger partial charge in [0, 0.05) is 11.3 Å². The van der Waals surface area contributed by atoms with E-state index in [2.05, 4.69) is 0 Å². The van der Waals surface area contributed by atoms with Crippen LogP contribution < -0.4 is 19.1 Å². The van der Waals surface area contributed by atoms with E-state index < -0.39 is 0 Å². The van der Waals surface area contributed by atoms with E-state index in [4.69, 9.17) is 18.6 Å². The number of carbonyl (C=O) groups excluding carboxylic acids is 1. The molecule has 0 saturated heterocycles. The van der Waals surface area contributed by atoms with E-state index in [1.807, 2.05) is 42.5 Å². The Kier molecular flexibility index (Phi) is 6.22. The SMILES string of the molecule is COc1ccc(CC(=O)N(Cc2ccco2)c2ccccc2)c(OC)c1OC. The third-order valence-electron chi connectivity index (χ3n) is 4.39. The molecule has 0 aliphatic rings. The Morgan fingerprint density at radius 1 is 0.893 bits per heavy atom. The Morgan fingerprint density at radius 2 is 1.64 bits per heavy atom. The van der Waals surface area contributed by atoms with Crippen LogP contribution >= 0.6 is 0 Å². The lowest BCUT2D eigenvalue weighted by atomic mass is 10.1. The second-order valence-electron chi connectivity index (χ2n) is 6.07. The monoisotopic (exact) mass is 381 g/mol. The molecule has 28 heavy (non-hydrogen) atoms. The molecule has 0 aliphatic carbocycles. The van der Waals surface area contributed by atoms with E-state index in [1.54, 1.807) is 44.6 Å². The van der Waals surface area contributed by atoms with Crippen molar-refractivity contribution >= 4 is 11.6 Å². The zero-order valence-electron chi connectivity index (χ0n) is 16.2. The lowest BCUT2D eigenvalue weighted by Gasteiger charge is -2.23. The number of anilines is 1. The number of para-hydroxylation sites is 1. The third kappa shape index (κ3) is 4.11. The largest absolute Gasteiger partial charge is 0.493 e. The molecule has 6 nitrogen and oxygen atoms in total. The van der Waals surface area contributed by atoms with Crippen LogP contribution in [0.2, 0.25) is 0 Å². The second-order valence-corrected chi connectivity index (χ2v) is 6.07. The molecule has 0 aliphatic heterocycles. The van der Waals surface area contributed by atoms with Crippen LogP contribution in [0.5, 0.6) is 17.2 Å². The van der Waals surface area contributed by atoms with Crippen LogP contribution in [-0.4, -0.2) is 27.2 Å². The van der Waals surface area contributed by atoms with Gasteiger partial charge in [-0.3, -0.25) is 4.79 Å².